The molecule has 1 fully saturated rings. The van der Waals surface area contributed by atoms with Crippen LogP contribution in [-0.4, -0.2) is 17.0 Å². The molecule has 0 spiro atoms. The second-order valence-electron chi connectivity index (χ2n) is 4.75. The molecule has 1 amide bonds. The normalized spacial score (nSPS) is 17.4. The second kappa shape index (κ2) is 5.21. The molecule has 0 aliphatic heterocycles. The van der Waals surface area contributed by atoms with E-state index in [0.717, 1.165) is 12.1 Å². The van der Waals surface area contributed by atoms with Crippen molar-refractivity contribution in [1.82, 2.24) is 0 Å². The molecule has 0 radical (unpaired) electrons. The highest BCUT2D eigenvalue weighted by atomic mass is 79.9. The maximum Gasteiger partial charge on any atom is 0.416 e. The monoisotopic (exact) mass is 365 g/mol. The Labute approximate surface area is 126 Å². The number of amides is 1. The smallest absolute Gasteiger partial charge is 0.409 e. The Bertz CT molecular complexity index is 612. The molecule has 114 valence electrons. The Morgan fingerprint density at radius 2 is 2.00 bits per heavy atom. The first-order valence-electron chi connectivity index (χ1n) is 5.86. The molecule has 1 aromatic carbocycles. The zero-order valence-electron chi connectivity index (χ0n) is 10.5. The molecule has 2 rings (SSSR count). The van der Waals surface area contributed by atoms with Gasteiger partial charge < -0.3 is 16.3 Å². The highest BCUT2D eigenvalue weighted by Crippen LogP contribution is 2.47. The number of carbonyl (C=O) groups is 1. The Hall–Kier alpha value is -1.77. The summed E-state index contributed by atoms with van der Waals surface area (Å²) in [6.07, 6.45) is -3.75. The van der Waals surface area contributed by atoms with Crippen LogP contribution >= 0.6 is 15.9 Å². The summed E-state index contributed by atoms with van der Waals surface area (Å²) < 4.78 is 38.3. The Balaban J connectivity index is 2.25. The number of nitrogens with two attached hydrogens (primary N) is 1. The minimum atomic E-state index is -4.52. The topological polar surface area (TPSA) is 87.7 Å². The van der Waals surface area contributed by atoms with Gasteiger partial charge in [0.1, 0.15) is 5.41 Å². The quantitative estimate of drug-likeness (QED) is 0.333. The van der Waals surface area contributed by atoms with Gasteiger partial charge in [0, 0.05) is 10.2 Å². The van der Waals surface area contributed by atoms with Crippen molar-refractivity contribution in [2.24, 2.45) is 16.3 Å². The first kappa shape index (κ1) is 15.6. The van der Waals surface area contributed by atoms with Crippen LogP contribution in [0.1, 0.15) is 18.4 Å². The number of hydrogen-bond donors (Lipinski definition) is 3. The molecule has 0 heterocycles. The van der Waals surface area contributed by atoms with Gasteiger partial charge >= 0.3 is 6.18 Å². The maximum absolute atomic E-state index is 12.7. The van der Waals surface area contributed by atoms with Gasteiger partial charge in [0.2, 0.25) is 5.91 Å². The third-order valence-corrected chi connectivity index (χ3v) is 3.72. The summed E-state index contributed by atoms with van der Waals surface area (Å²) in [6.45, 7) is 0. The summed E-state index contributed by atoms with van der Waals surface area (Å²) in [7, 11) is 0. The van der Waals surface area contributed by atoms with Crippen molar-refractivity contribution in [3.8, 4) is 0 Å². The van der Waals surface area contributed by atoms with Crippen LogP contribution in [0.15, 0.2) is 27.8 Å². The third-order valence-electron chi connectivity index (χ3n) is 3.27. The summed E-state index contributed by atoms with van der Waals surface area (Å²) in [5.74, 6) is -0.838. The molecule has 4 N–H and O–H groups in total. The van der Waals surface area contributed by atoms with E-state index in [-0.39, 0.29) is 16.0 Å². The molecule has 0 aromatic heterocycles. The largest absolute Gasteiger partial charge is 0.416 e. The van der Waals surface area contributed by atoms with Gasteiger partial charge in [-0.2, -0.15) is 13.2 Å². The van der Waals surface area contributed by atoms with Gasteiger partial charge in [-0.3, -0.25) is 4.79 Å². The number of rotatable bonds is 3. The lowest BCUT2D eigenvalue weighted by Crippen LogP contribution is -2.36. The van der Waals surface area contributed by atoms with E-state index in [4.69, 9.17) is 10.9 Å². The summed E-state index contributed by atoms with van der Waals surface area (Å²) >= 11 is 2.96. The Morgan fingerprint density at radius 1 is 1.38 bits per heavy atom. The summed E-state index contributed by atoms with van der Waals surface area (Å²) in [6, 6.07) is 3.08. The van der Waals surface area contributed by atoms with E-state index in [2.05, 4.69) is 26.4 Å². The molecule has 1 saturated carbocycles. The van der Waals surface area contributed by atoms with Crippen molar-refractivity contribution < 1.29 is 23.2 Å². The average molecular weight is 366 g/mol. The first-order chi connectivity index (χ1) is 9.69. The van der Waals surface area contributed by atoms with Gasteiger partial charge in [-0.05, 0) is 31.0 Å². The molecule has 21 heavy (non-hydrogen) atoms. The lowest BCUT2D eigenvalue weighted by Gasteiger charge is -2.15. The summed E-state index contributed by atoms with van der Waals surface area (Å²) in [4.78, 5) is 12.1. The van der Waals surface area contributed by atoms with E-state index in [1.807, 2.05) is 0 Å². The highest BCUT2D eigenvalue weighted by Gasteiger charge is 2.54. The van der Waals surface area contributed by atoms with E-state index in [9.17, 15) is 18.0 Å². The molecule has 1 aliphatic rings. The summed E-state index contributed by atoms with van der Waals surface area (Å²) in [5, 5.41) is 13.8. The zero-order chi connectivity index (χ0) is 15.8. The van der Waals surface area contributed by atoms with E-state index in [1.54, 1.807) is 0 Å². The number of amidine groups is 1. The van der Waals surface area contributed by atoms with Crippen molar-refractivity contribution in [3.63, 3.8) is 0 Å². The number of carbonyl (C=O) groups excluding carboxylic acids is 1. The van der Waals surface area contributed by atoms with Crippen LogP contribution in [0.25, 0.3) is 0 Å². The van der Waals surface area contributed by atoms with Crippen molar-refractivity contribution in [2.75, 3.05) is 5.32 Å². The number of halogens is 4. The highest BCUT2D eigenvalue weighted by molar-refractivity contribution is 9.10. The minimum absolute atomic E-state index is 0.0151. The van der Waals surface area contributed by atoms with Crippen molar-refractivity contribution in [2.45, 2.75) is 19.0 Å². The summed E-state index contributed by atoms with van der Waals surface area (Å²) in [5.41, 5.74) is 3.41. The van der Waals surface area contributed by atoms with Crippen LogP contribution in [0.2, 0.25) is 0 Å². The fourth-order valence-electron chi connectivity index (χ4n) is 1.90. The average Bonchev–Trinajstić information content (AvgIpc) is 3.17. The SMILES string of the molecule is N/C(=N/O)C1(C(=O)Nc2cc(Br)cc(C(F)(F)F)c2)CC1. The van der Waals surface area contributed by atoms with Gasteiger partial charge in [-0.1, -0.05) is 21.1 Å². The Morgan fingerprint density at radius 3 is 2.48 bits per heavy atom. The minimum Gasteiger partial charge on any atom is -0.409 e. The van der Waals surface area contributed by atoms with E-state index in [1.165, 1.54) is 6.07 Å². The fourth-order valence-corrected chi connectivity index (χ4v) is 2.39. The molecular weight excluding hydrogens is 355 g/mol. The van der Waals surface area contributed by atoms with Gasteiger partial charge in [-0.15, -0.1) is 0 Å². The lowest BCUT2D eigenvalue weighted by molar-refractivity contribution is -0.137. The van der Waals surface area contributed by atoms with Crippen LogP contribution in [0.5, 0.6) is 0 Å². The van der Waals surface area contributed by atoms with Crippen LogP contribution in [0, 0.1) is 5.41 Å². The third kappa shape index (κ3) is 3.12. The van der Waals surface area contributed by atoms with E-state index in [0.29, 0.717) is 12.8 Å². The van der Waals surface area contributed by atoms with Crippen LogP contribution in [0.4, 0.5) is 18.9 Å². The molecule has 9 heteroatoms. The zero-order valence-corrected chi connectivity index (χ0v) is 12.1. The number of benzene rings is 1. The molecule has 5 nitrogen and oxygen atoms in total. The second-order valence-corrected chi connectivity index (χ2v) is 5.66. The van der Waals surface area contributed by atoms with Crippen LogP contribution in [0.3, 0.4) is 0 Å². The molecular formula is C12H11BrF3N3O2. The number of alkyl halides is 3. The Kier molecular flexibility index (Phi) is 3.87. The van der Waals surface area contributed by atoms with Gasteiger partial charge in [-0.25, -0.2) is 0 Å². The van der Waals surface area contributed by atoms with Crippen molar-refractivity contribution in [3.05, 3.63) is 28.2 Å². The van der Waals surface area contributed by atoms with Crippen molar-refractivity contribution >= 4 is 33.4 Å². The lowest BCUT2D eigenvalue weighted by atomic mass is 10.0. The first-order valence-corrected chi connectivity index (χ1v) is 6.65. The molecule has 1 aliphatic carbocycles. The number of oxime groups is 1. The number of hydrogen-bond acceptors (Lipinski definition) is 3. The molecule has 0 unspecified atom stereocenters. The van der Waals surface area contributed by atoms with E-state index < -0.39 is 23.1 Å². The van der Waals surface area contributed by atoms with Crippen molar-refractivity contribution in [1.29, 1.82) is 0 Å². The van der Waals surface area contributed by atoms with Crippen LogP contribution < -0.4 is 11.1 Å². The van der Waals surface area contributed by atoms with E-state index >= 15 is 0 Å². The predicted octanol–water partition coefficient (Wildman–Crippen LogP) is 2.93. The van der Waals surface area contributed by atoms with Gasteiger partial charge in [0.25, 0.3) is 0 Å². The molecule has 0 bridgehead atoms. The standard InChI is InChI=1S/C12H11BrF3N3O2/c13-7-3-6(12(14,15)16)4-8(5-7)18-10(20)11(1-2-11)9(17)19-21/h3-5,21H,1-2H2,(H2,17,19)(H,18,20). The van der Waals surface area contributed by atoms with Gasteiger partial charge in [0.05, 0.1) is 5.56 Å². The number of nitrogens with one attached hydrogen (secondary N) is 1. The maximum atomic E-state index is 12.7. The van der Waals surface area contributed by atoms with Gasteiger partial charge in [0.15, 0.2) is 5.84 Å². The fraction of sp³-hybridized carbons (Fsp3) is 0.333. The molecule has 0 atom stereocenters. The number of anilines is 1. The predicted molar refractivity (Wildman–Crippen MR) is 72.8 cm³/mol. The number of nitrogens with zero attached hydrogens (tertiary/aromatic N) is 1. The molecule has 0 saturated heterocycles. The molecule has 1 aromatic rings. The van der Waals surface area contributed by atoms with Crippen LogP contribution in [-0.2, 0) is 11.0 Å².